The van der Waals surface area contributed by atoms with Gasteiger partial charge in [0, 0.05) is 18.7 Å². The van der Waals surface area contributed by atoms with Gasteiger partial charge in [0.2, 0.25) is 0 Å². The quantitative estimate of drug-likeness (QED) is 0.633. The van der Waals surface area contributed by atoms with Gasteiger partial charge in [0.1, 0.15) is 9.75 Å². The molecule has 1 fully saturated rings. The predicted octanol–water partition coefficient (Wildman–Crippen LogP) is 2.70. The summed E-state index contributed by atoms with van der Waals surface area (Å²) in [6.45, 7) is 1.97. The van der Waals surface area contributed by atoms with Gasteiger partial charge >= 0.3 is 5.97 Å². The zero-order valence-corrected chi connectivity index (χ0v) is 13.1. The SMILES string of the molecule is C[C@@]1(C(=O)OCC(=O)N2CCc3ccccc32)CC1(Cl)Cl. The molecule has 0 unspecified atom stereocenters. The molecule has 1 heterocycles. The molecule has 1 aromatic carbocycles. The molecule has 1 aliphatic heterocycles. The normalized spacial score (nSPS) is 25.4. The Hall–Kier alpha value is -1.26. The van der Waals surface area contributed by atoms with E-state index in [9.17, 15) is 9.59 Å². The third-order valence-corrected chi connectivity index (χ3v) is 5.32. The monoisotopic (exact) mass is 327 g/mol. The van der Waals surface area contributed by atoms with Crippen molar-refractivity contribution in [2.24, 2.45) is 5.41 Å². The minimum atomic E-state index is -1.08. The molecule has 0 aromatic heterocycles. The van der Waals surface area contributed by atoms with Crippen molar-refractivity contribution in [1.29, 1.82) is 0 Å². The average Bonchev–Trinajstić information content (AvgIpc) is 2.82. The smallest absolute Gasteiger partial charge is 0.315 e. The molecule has 1 amide bonds. The van der Waals surface area contributed by atoms with Crippen LogP contribution >= 0.6 is 23.2 Å². The molecular formula is C15H15Cl2NO3. The summed E-state index contributed by atoms with van der Waals surface area (Å²) >= 11 is 11.8. The molecule has 0 spiro atoms. The summed E-state index contributed by atoms with van der Waals surface area (Å²) in [5, 5.41) is 0. The van der Waals surface area contributed by atoms with Crippen LogP contribution in [0.1, 0.15) is 18.9 Å². The lowest BCUT2D eigenvalue weighted by Gasteiger charge is -2.18. The third kappa shape index (κ3) is 2.40. The number of esters is 1. The molecule has 1 aromatic rings. The molecule has 0 saturated heterocycles. The van der Waals surface area contributed by atoms with E-state index < -0.39 is 15.7 Å². The number of carbonyl (C=O) groups is 2. The maximum atomic E-state index is 12.2. The van der Waals surface area contributed by atoms with E-state index in [2.05, 4.69) is 0 Å². The molecule has 4 nitrogen and oxygen atoms in total. The van der Waals surface area contributed by atoms with Gasteiger partial charge in [0.05, 0.1) is 0 Å². The second-order valence-corrected chi connectivity index (χ2v) is 7.20. The molecule has 6 heteroatoms. The minimum absolute atomic E-state index is 0.229. The van der Waals surface area contributed by atoms with E-state index >= 15 is 0 Å². The molecule has 2 aliphatic rings. The number of hydrogen-bond donors (Lipinski definition) is 0. The van der Waals surface area contributed by atoms with E-state index in [1.54, 1.807) is 11.8 Å². The first-order valence-electron chi connectivity index (χ1n) is 6.78. The lowest BCUT2D eigenvalue weighted by molar-refractivity contribution is -0.152. The largest absolute Gasteiger partial charge is 0.455 e. The van der Waals surface area contributed by atoms with Crippen molar-refractivity contribution in [3.05, 3.63) is 29.8 Å². The molecule has 1 aliphatic carbocycles. The molecule has 1 saturated carbocycles. The van der Waals surface area contributed by atoms with Gasteiger partial charge in [-0.25, -0.2) is 0 Å². The number of rotatable bonds is 3. The summed E-state index contributed by atoms with van der Waals surface area (Å²) in [5.41, 5.74) is 1.12. The Morgan fingerprint density at radius 3 is 2.67 bits per heavy atom. The van der Waals surface area contributed by atoms with E-state index in [1.165, 1.54) is 0 Å². The summed E-state index contributed by atoms with van der Waals surface area (Å²) < 4.78 is 4.02. The number of nitrogens with zero attached hydrogens (tertiary/aromatic N) is 1. The highest BCUT2D eigenvalue weighted by Crippen LogP contribution is 2.64. The van der Waals surface area contributed by atoms with E-state index in [0.717, 1.165) is 17.7 Å². The van der Waals surface area contributed by atoms with Crippen LogP contribution in [0.15, 0.2) is 24.3 Å². The number of fused-ring (bicyclic) bond motifs is 1. The van der Waals surface area contributed by atoms with E-state index in [1.807, 2.05) is 24.3 Å². The van der Waals surface area contributed by atoms with Gasteiger partial charge in [-0.3, -0.25) is 9.59 Å². The summed E-state index contributed by atoms with van der Waals surface area (Å²) in [4.78, 5) is 25.8. The van der Waals surface area contributed by atoms with Crippen molar-refractivity contribution < 1.29 is 14.3 Å². The molecule has 3 rings (SSSR count). The number of para-hydroxylation sites is 1. The van der Waals surface area contributed by atoms with Gasteiger partial charge in [0.25, 0.3) is 5.91 Å². The Balaban J connectivity index is 1.60. The number of amides is 1. The van der Waals surface area contributed by atoms with Gasteiger partial charge in [-0.1, -0.05) is 18.2 Å². The number of halogens is 2. The van der Waals surface area contributed by atoms with Crippen molar-refractivity contribution in [2.45, 2.75) is 24.1 Å². The van der Waals surface area contributed by atoms with Crippen LogP contribution in [0.25, 0.3) is 0 Å². The zero-order chi connectivity index (χ0) is 15.3. The van der Waals surface area contributed by atoms with Crippen molar-refractivity contribution in [3.63, 3.8) is 0 Å². The standard InChI is InChI=1S/C15H15Cl2NO3/c1-14(9-15(14,16)17)13(20)21-8-12(19)18-7-6-10-4-2-3-5-11(10)18/h2-5H,6-9H2,1H3/t14-/m0/s1. The molecule has 0 bridgehead atoms. The Morgan fingerprint density at radius 2 is 2.00 bits per heavy atom. The molecule has 21 heavy (non-hydrogen) atoms. The molecular weight excluding hydrogens is 313 g/mol. The van der Waals surface area contributed by atoms with E-state index in [-0.39, 0.29) is 12.5 Å². The number of benzene rings is 1. The summed E-state index contributed by atoms with van der Waals surface area (Å²) in [6, 6.07) is 7.72. The fourth-order valence-corrected chi connectivity index (χ4v) is 3.27. The Kier molecular flexibility index (Phi) is 3.41. The first kappa shape index (κ1) is 14.7. The van der Waals surface area contributed by atoms with Gasteiger partial charge in [0.15, 0.2) is 6.61 Å². The second-order valence-electron chi connectivity index (χ2n) is 5.71. The lowest BCUT2D eigenvalue weighted by Crippen LogP contribution is -2.34. The summed E-state index contributed by atoms with van der Waals surface area (Å²) in [5.74, 6) is -0.749. The highest BCUT2D eigenvalue weighted by Gasteiger charge is 2.69. The summed E-state index contributed by atoms with van der Waals surface area (Å²) in [6.07, 6.45) is 1.17. The van der Waals surface area contributed by atoms with Crippen molar-refractivity contribution in [2.75, 3.05) is 18.1 Å². The first-order valence-corrected chi connectivity index (χ1v) is 7.54. The number of alkyl halides is 2. The highest BCUT2D eigenvalue weighted by atomic mass is 35.5. The van der Waals surface area contributed by atoms with Gasteiger partial charge < -0.3 is 9.64 Å². The van der Waals surface area contributed by atoms with Gasteiger partial charge in [-0.15, -0.1) is 23.2 Å². The highest BCUT2D eigenvalue weighted by molar-refractivity contribution is 6.53. The second kappa shape index (κ2) is 4.89. The van der Waals surface area contributed by atoms with Crippen LogP contribution in [-0.2, 0) is 20.7 Å². The molecule has 0 radical (unpaired) electrons. The van der Waals surface area contributed by atoms with E-state index in [0.29, 0.717) is 13.0 Å². The molecule has 0 N–H and O–H groups in total. The maximum Gasteiger partial charge on any atom is 0.315 e. The lowest BCUT2D eigenvalue weighted by atomic mass is 10.1. The Morgan fingerprint density at radius 1 is 1.33 bits per heavy atom. The fraction of sp³-hybridized carbons (Fsp3) is 0.467. The van der Waals surface area contributed by atoms with Crippen LogP contribution < -0.4 is 4.90 Å². The Labute approximate surface area is 133 Å². The minimum Gasteiger partial charge on any atom is -0.455 e. The number of hydrogen-bond acceptors (Lipinski definition) is 3. The van der Waals surface area contributed by atoms with Crippen LogP contribution in [0.3, 0.4) is 0 Å². The predicted molar refractivity (Wildman–Crippen MR) is 80.6 cm³/mol. The topological polar surface area (TPSA) is 46.6 Å². The van der Waals surface area contributed by atoms with Crippen molar-refractivity contribution >= 4 is 40.8 Å². The van der Waals surface area contributed by atoms with Crippen molar-refractivity contribution in [3.8, 4) is 0 Å². The molecule has 112 valence electrons. The molecule has 1 atom stereocenters. The van der Waals surface area contributed by atoms with Crippen LogP contribution in [0.5, 0.6) is 0 Å². The van der Waals surface area contributed by atoms with E-state index in [4.69, 9.17) is 27.9 Å². The number of ether oxygens (including phenoxy) is 1. The fourth-order valence-electron chi connectivity index (χ4n) is 2.58. The Bertz CT molecular complexity index is 617. The van der Waals surface area contributed by atoms with Gasteiger partial charge in [-0.2, -0.15) is 0 Å². The maximum absolute atomic E-state index is 12.2. The van der Waals surface area contributed by atoms with Gasteiger partial charge in [-0.05, 0) is 25.0 Å². The van der Waals surface area contributed by atoms with Crippen LogP contribution in [0.4, 0.5) is 5.69 Å². The number of anilines is 1. The average molecular weight is 328 g/mol. The van der Waals surface area contributed by atoms with Crippen LogP contribution in [0.2, 0.25) is 0 Å². The summed E-state index contributed by atoms with van der Waals surface area (Å²) in [7, 11) is 0. The first-order chi connectivity index (χ1) is 9.85. The van der Waals surface area contributed by atoms with Crippen molar-refractivity contribution in [1.82, 2.24) is 0 Å². The third-order valence-electron chi connectivity index (χ3n) is 4.22. The number of carbonyl (C=O) groups excluding carboxylic acids is 2. The zero-order valence-electron chi connectivity index (χ0n) is 11.6. The van der Waals surface area contributed by atoms with Crippen LogP contribution in [0, 0.1) is 5.41 Å². The van der Waals surface area contributed by atoms with Crippen LogP contribution in [-0.4, -0.2) is 29.4 Å².